The van der Waals surface area contributed by atoms with Gasteiger partial charge in [0.1, 0.15) is 35.6 Å². The third-order valence-electron chi connectivity index (χ3n) is 13.2. The van der Waals surface area contributed by atoms with E-state index in [-0.39, 0.29) is 24.2 Å². The number of fused-ring (bicyclic) bond motifs is 5. The van der Waals surface area contributed by atoms with Crippen LogP contribution in [0.3, 0.4) is 0 Å². The minimum Gasteiger partial charge on any atom is -0.456 e. The topological polar surface area (TPSA) is 213 Å². The van der Waals surface area contributed by atoms with Gasteiger partial charge in [-0.15, -0.1) is 0 Å². The van der Waals surface area contributed by atoms with E-state index in [9.17, 15) is 34.5 Å². The van der Waals surface area contributed by atoms with Crippen LogP contribution < -0.4 is 5.32 Å². The zero-order valence-corrected chi connectivity index (χ0v) is 36.8. The van der Waals surface area contributed by atoms with Crippen molar-refractivity contribution in [2.75, 3.05) is 6.61 Å². The normalized spacial score (nSPS) is 32.2. The molecule has 2 bridgehead atoms. The number of aliphatic hydroxyl groups excluding tert-OH is 2. The maximum absolute atomic E-state index is 15.6. The largest absolute Gasteiger partial charge is 0.456 e. The van der Waals surface area contributed by atoms with Gasteiger partial charge in [-0.25, -0.2) is 14.4 Å². The second-order valence-corrected chi connectivity index (χ2v) is 18.6. The highest BCUT2D eigenvalue weighted by Gasteiger charge is 2.78. The molecule has 1 amide bonds. The standard InChI is InChI=1S/C46H59BNO14/c1-10-21-47-62-35-32-25(2)29(58-40(54)34(51)33(27-17-13-11-14-18-27)48-41(55)61-42(4,5)6)23-46(56,43(32,7)8)38(59-39(53)28-19-15-12-16-20-28)36-44(9,37(35)52)30(50)22-31-45(36,24-57-31)60-26(3)49/h11-20,29-31,33-36,38,50-51,56H,10,21-24H2,1-9H3,(H,48,55)/t29?,30?,31-,33+,34-,35-,36+,38+,44-,45+,46-/m1/s1. The lowest BCUT2D eigenvalue weighted by Gasteiger charge is -2.67. The fourth-order valence-electron chi connectivity index (χ4n) is 9.94. The lowest BCUT2D eigenvalue weighted by Crippen LogP contribution is -2.82. The Balaban J connectivity index is 1.53. The van der Waals surface area contributed by atoms with Gasteiger partial charge < -0.3 is 49.0 Å². The summed E-state index contributed by atoms with van der Waals surface area (Å²) in [6.07, 6.45) is -9.53. The Morgan fingerprint density at radius 2 is 1.63 bits per heavy atom. The molecular weight excluding hydrogens is 801 g/mol. The molecule has 1 heterocycles. The van der Waals surface area contributed by atoms with E-state index in [0.29, 0.717) is 23.9 Å². The second kappa shape index (κ2) is 17.5. The van der Waals surface area contributed by atoms with Gasteiger partial charge in [-0.3, -0.25) is 9.59 Å². The van der Waals surface area contributed by atoms with Crippen molar-refractivity contribution in [3.8, 4) is 0 Å². The van der Waals surface area contributed by atoms with Gasteiger partial charge in [-0.05, 0) is 63.5 Å². The summed E-state index contributed by atoms with van der Waals surface area (Å²) < 4.78 is 36.5. The summed E-state index contributed by atoms with van der Waals surface area (Å²) in [4.78, 5) is 70.4. The number of amides is 1. The first-order valence-electron chi connectivity index (χ1n) is 21.2. The number of carbonyl (C=O) groups excluding carboxylic acids is 5. The summed E-state index contributed by atoms with van der Waals surface area (Å²) in [6.45, 7) is 14.3. The molecule has 4 aliphatic rings. The van der Waals surface area contributed by atoms with Gasteiger partial charge in [0.05, 0.1) is 35.6 Å². The number of ether oxygens (including phenoxy) is 5. The van der Waals surface area contributed by atoms with Gasteiger partial charge in [0.2, 0.25) is 0 Å². The molecule has 2 aromatic rings. The molecule has 0 spiro atoms. The Bertz CT molecular complexity index is 2050. The fourth-order valence-corrected chi connectivity index (χ4v) is 9.94. The molecule has 3 fully saturated rings. The average Bonchev–Trinajstić information content (AvgIpc) is 3.20. The van der Waals surface area contributed by atoms with Gasteiger partial charge in [0.25, 0.3) is 7.48 Å². The van der Waals surface area contributed by atoms with E-state index in [2.05, 4.69) is 5.32 Å². The maximum atomic E-state index is 15.6. The molecule has 15 nitrogen and oxygen atoms in total. The third kappa shape index (κ3) is 8.32. The molecule has 11 atom stereocenters. The van der Waals surface area contributed by atoms with Crippen molar-refractivity contribution < 1.29 is 67.6 Å². The molecule has 1 saturated heterocycles. The Kier molecular flexibility index (Phi) is 13.2. The van der Waals surface area contributed by atoms with Crippen LogP contribution >= 0.6 is 0 Å². The van der Waals surface area contributed by atoms with E-state index >= 15 is 4.79 Å². The van der Waals surface area contributed by atoms with Crippen LogP contribution in [0.4, 0.5) is 4.79 Å². The van der Waals surface area contributed by atoms with E-state index in [1.165, 1.54) is 33.5 Å². The molecular formula is C46H59BNO14. The summed E-state index contributed by atoms with van der Waals surface area (Å²) in [5.74, 6) is -4.92. The van der Waals surface area contributed by atoms with E-state index in [4.69, 9.17) is 28.3 Å². The summed E-state index contributed by atoms with van der Waals surface area (Å²) in [5.41, 5.74) is -7.37. The quantitative estimate of drug-likeness (QED) is 0.0747. The molecule has 2 unspecified atom stereocenters. The van der Waals surface area contributed by atoms with E-state index in [1.807, 2.05) is 6.92 Å². The minimum absolute atomic E-state index is 0.108. The monoisotopic (exact) mass is 860 g/mol. The van der Waals surface area contributed by atoms with Crippen LogP contribution in [-0.4, -0.2) is 113 Å². The number of alkyl carbamates (subject to hydrolysis) is 1. The van der Waals surface area contributed by atoms with E-state index < -0.39 is 112 Å². The first kappa shape index (κ1) is 46.9. The van der Waals surface area contributed by atoms with Crippen molar-refractivity contribution in [2.24, 2.45) is 16.7 Å². The maximum Gasteiger partial charge on any atom is 0.408 e. The third-order valence-corrected chi connectivity index (χ3v) is 13.2. The number of carbonyl (C=O) groups is 5. The van der Waals surface area contributed by atoms with Crippen LogP contribution in [0, 0.1) is 16.7 Å². The van der Waals surface area contributed by atoms with Gasteiger partial charge in [-0.1, -0.05) is 82.0 Å². The highest BCUT2D eigenvalue weighted by Crippen LogP contribution is 2.64. The van der Waals surface area contributed by atoms with Gasteiger partial charge >= 0.3 is 24.0 Å². The number of rotatable bonds is 12. The Hall–Kier alpha value is -4.61. The smallest absolute Gasteiger partial charge is 0.408 e. The molecule has 0 aromatic heterocycles. The Morgan fingerprint density at radius 1 is 1.00 bits per heavy atom. The lowest BCUT2D eigenvalue weighted by molar-refractivity contribution is -0.345. The van der Waals surface area contributed by atoms with Crippen molar-refractivity contribution in [3.05, 3.63) is 82.9 Å². The van der Waals surface area contributed by atoms with Crippen LogP contribution in [0.1, 0.15) is 104 Å². The van der Waals surface area contributed by atoms with Crippen molar-refractivity contribution in [2.45, 2.75) is 147 Å². The van der Waals surface area contributed by atoms with Gasteiger partial charge in [0, 0.05) is 25.2 Å². The number of benzene rings is 2. The molecule has 6 rings (SSSR count). The van der Waals surface area contributed by atoms with Crippen LogP contribution in [0.25, 0.3) is 0 Å². The molecule has 1 radical (unpaired) electrons. The number of ketones is 1. The number of Topliss-reactive ketones (excluding diaryl/α,β-unsaturated/α-hetero) is 1. The zero-order chi connectivity index (χ0) is 45.6. The summed E-state index contributed by atoms with van der Waals surface area (Å²) >= 11 is 0. The Morgan fingerprint density at radius 3 is 2.19 bits per heavy atom. The summed E-state index contributed by atoms with van der Waals surface area (Å²) in [7, 11) is 1.48. The van der Waals surface area contributed by atoms with Crippen LogP contribution in [0.5, 0.6) is 0 Å². The average molecular weight is 861 g/mol. The van der Waals surface area contributed by atoms with Crippen molar-refractivity contribution in [1.29, 1.82) is 0 Å². The number of aliphatic hydroxyl groups is 3. The molecule has 3 aliphatic carbocycles. The summed E-state index contributed by atoms with van der Waals surface area (Å²) in [5, 5.41) is 40.2. The first-order valence-corrected chi connectivity index (χ1v) is 21.2. The van der Waals surface area contributed by atoms with Crippen molar-refractivity contribution in [3.63, 3.8) is 0 Å². The highest BCUT2D eigenvalue weighted by molar-refractivity contribution is 6.27. The Labute approximate surface area is 363 Å². The lowest BCUT2D eigenvalue weighted by atomic mass is 9.44. The zero-order valence-electron chi connectivity index (χ0n) is 36.8. The van der Waals surface area contributed by atoms with E-state index in [1.54, 1.807) is 90.1 Å². The predicted octanol–water partition coefficient (Wildman–Crippen LogP) is 4.73. The van der Waals surface area contributed by atoms with Crippen LogP contribution in [0.15, 0.2) is 71.8 Å². The van der Waals surface area contributed by atoms with E-state index in [0.717, 1.165) is 0 Å². The fraction of sp³-hybridized carbons (Fsp3) is 0.587. The number of esters is 3. The molecule has 1 aliphatic heterocycles. The molecule has 4 N–H and O–H groups in total. The number of hydrogen-bond donors (Lipinski definition) is 4. The minimum atomic E-state index is -2.29. The highest BCUT2D eigenvalue weighted by atomic mass is 16.6. The number of nitrogens with one attached hydrogen (secondary N) is 1. The van der Waals surface area contributed by atoms with Crippen LogP contribution in [-0.2, 0) is 42.7 Å². The van der Waals surface area contributed by atoms with Gasteiger partial charge in [-0.2, -0.15) is 0 Å². The summed E-state index contributed by atoms with van der Waals surface area (Å²) in [6, 6.07) is 14.9. The first-order chi connectivity index (χ1) is 29.0. The molecule has 62 heavy (non-hydrogen) atoms. The SMILES string of the molecule is CCC[B]O[C@H]1C(=O)[C@]2(C)C(O)C[C@H]3OC[C@@]3(OC(C)=O)[C@H]2[C@H](OC(=O)c2ccccc2)[C@]2(O)CC(OC(=O)[C@H](O)[C@@H](NC(=O)OC(C)(C)C)c3ccccc3)C(C)=C1C2(C)C. The second-order valence-electron chi connectivity index (χ2n) is 18.6. The molecule has 2 saturated carbocycles. The molecule has 16 heteroatoms. The van der Waals surface area contributed by atoms with Crippen LogP contribution in [0.2, 0.25) is 6.32 Å². The van der Waals surface area contributed by atoms with Crippen molar-refractivity contribution in [1.82, 2.24) is 5.32 Å². The number of hydrogen-bond acceptors (Lipinski definition) is 14. The predicted molar refractivity (Wildman–Crippen MR) is 223 cm³/mol. The molecule has 335 valence electrons. The van der Waals surface area contributed by atoms with Crippen molar-refractivity contribution >= 4 is 37.3 Å². The van der Waals surface area contributed by atoms with Gasteiger partial charge in [0.15, 0.2) is 17.5 Å². The molecule has 2 aromatic carbocycles.